The molecule has 1 aromatic heterocycles. The molecule has 0 saturated heterocycles. The van der Waals surface area contributed by atoms with Gasteiger partial charge in [0.05, 0.1) is 12.3 Å². The first-order valence-electron chi connectivity index (χ1n) is 7.76. The largest absolute Gasteiger partial charge is 0.463 e. The standard InChI is InChI=1S/C18H20F3NO/c1-2-3-5-11-15(14-9-6-4-7-10-14)22-17(18(19,20)21)16-12-8-13-23-16/h4,6-10,12-13,15H,2-3,5,11H2,1H3/t15-/m1/s1. The Labute approximate surface area is 134 Å². The molecule has 1 aromatic carbocycles. The molecule has 0 saturated carbocycles. The first kappa shape index (κ1) is 17.3. The van der Waals surface area contributed by atoms with E-state index in [0.717, 1.165) is 24.8 Å². The third kappa shape index (κ3) is 4.98. The van der Waals surface area contributed by atoms with Gasteiger partial charge in [0.2, 0.25) is 0 Å². The fraction of sp³-hybridized carbons (Fsp3) is 0.389. The van der Waals surface area contributed by atoms with Gasteiger partial charge in [-0.3, -0.25) is 4.99 Å². The van der Waals surface area contributed by atoms with Crippen LogP contribution >= 0.6 is 0 Å². The third-order valence-electron chi connectivity index (χ3n) is 3.57. The van der Waals surface area contributed by atoms with Crippen molar-refractivity contribution < 1.29 is 17.6 Å². The van der Waals surface area contributed by atoms with Crippen molar-refractivity contribution in [2.45, 2.75) is 44.8 Å². The van der Waals surface area contributed by atoms with Crippen molar-refractivity contribution in [2.75, 3.05) is 0 Å². The van der Waals surface area contributed by atoms with Crippen LogP contribution in [-0.4, -0.2) is 11.9 Å². The lowest BCUT2D eigenvalue weighted by atomic mass is 10.0. The second-order valence-electron chi connectivity index (χ2n) is 5.38. The van der Waals surface area contributed by atoms with E-state index in [2.05, 4.69) is 11.9 Å². The molecule has 0 radical (unpaired) electrons. The summed E-state index contributed by atoms with van der Waals surface area (Å²) in [5, 5.41) is 0. The Balaban J connectivity index is 2.36. The van der Waals surface area contributed by atoms with E-state index in [9.17, 15) is 13.2 Å². The number of hydrogen-bond donors (Lipinski definition) is 0. The van der Waals surface area contributed by atoms with Gasteiger partial charge in [0.15, 0.2) is 11.5 Å². The summed E-state index contributed by atoms with van der Waals surface area (Å²) in [6, 6.07) is 11.3. The Bertz CT molecular complexity index is 603. The topological polar surface area (TPSA) is 25.5 Å². The van der Waals surface area contributed by atoms with E-state index in [1.165, 1.54) is 18.4 Å². The van der Waals surface area contributed by atoms with Crippen LogP contribution in [0.5, 0.6) is 0 Å². The van der Waals surface area contributed by atoms with E-state index in [1.54, 1.807) is 0 Å². The van der Waals surface area contributed by atoms with E-state index in [1.807, 2.05) is 30.3 Å². The van der Waals surface area contributed by atoms with Crippen LogP contribution in [0.2, 0.25) is 0 Å². The highest BCUT2D eigenvalue weighted by molar-refractivity contribution is 6.02. The molecular weight excluding hydrogens is 303 g/mol. The van der Waals surface area contributed by atoms with Crippen LogP contribution < -0.4 is 0 Å². The Morgan fingerprint density at radius 1 is 1.09 bits per heavy atom. The van der Waals surface area contributed by atoms with Gasteiger partial charge in [0.1, 0.15) is 0 Å². The minimum atomic E-state index is -4.55. The summed E-state index contributed by atoms with van der Waals surface area (Å²) in [7, 11) is 0. The third-order valence-corrected chi connectivity index (χ3v) is 3.57. The van der Waals surface area contributed by atoms with Crippen LogP contribution in [0.3, 0.4) is 0 Å². The molecule has 0 bridgehead atoms. The van der Waals surface area contributed by atoms with Gasteiger partial charge in [-0.25, -0.2) is 0 Å². The van der Waals surface area contributed by atoms with Gasteiger partial charge >= 0.3 is 6.18 Å². The van der Waals surface area contributed by atoms with E-state index in [-0.39, 0.29) is 5.76 Å². The fourth-order valence-corrected chi connectivity index (χ4v) is 2.41. The molecule has 0 unspecified atom stereocenters. The monoisotopic (exact) mass is 323 g/mol. The van der Waals surface area contributed by atoms with Gasteiger partial charge < -0.3 is 4.42 Å². The van der Waals surface area contributed by atoms with Crippen molar-refractivity contribution in [3.63, 3.8) is 0 Å². The predicted octanol–water partition coefficient (Wildman–Crippen LogP) is 5.95. The number of furan rings is 1. The summed E-state index contributed by atoms with van der Waals surface area (Å²) in [6.07, 6.45) is 0.0817. The first-order valence-corrected chi connectivity index (χ1v) is 7.76. The molecular formula is C18H20F3NO. The summed E-state index contributed by atoms with van der Waals surface area (Å²) in [6.45, 7) is 2.06. The predicted molar refractivity (Wildman–Crippen MR) is 84.6 cm³/mol. The Morgan fingerprint density at radius 3 is 2.39 bits per heavy atom. The van der Waals surface area contributed by atoms with E-state index < -0.39 is 17.9 Å². The molecule has 0 amide bonds. The average molecular weight is 323 g/mol. The lowest BCUT2D eigenvalue weighted by Gasteiger charge is -2.16. The normalized spacial score (nSPS) is 14.0. The molecule has 0 spiro atoms. The molecule has 5 heteroatoms. The van der Waals surface area contributed by atoms with Gasteiger partial charge in [-0.2, -0.15) is 13.2 Å². The quantitative estimate of drug-likeness (QED) is 0.456. The van der Waals surface area contributed by atoms with Gasteiger partial charge in [0, 0.05) is 0 Å². The van der Waals surface area contributed by atoms with Crippen molar-refractivity contribution in [3.05, 3.63) is 60.1 Å². The highest BCUT2D eigenvalue weighted by Crippen LogP contribution is 2.30. The van der Waals surface area contributed by atoms with Gasteiger partial charge in [-0.1, -0.05) is 56.5 Å². The van der Waals surface area contributed by atoms with Gasteiger partial charge in [-0.15, -0.1) is 0 Å². The van der Waals surface area contributed by atoms with Gasteiger partial charge in [0.25, 0.3) is 0 Å². The molecule has 2 nitrogen and oxygen atoms in total. The summed E-state index contributed by atoms with van der Waals surface area (Å²) >= 11 is 0. The number of rotatable bonds is 7. The number of aliphatic imine (C=N–C) groups is 1. The second-order valence-corrected chi connectivity index (χ2v) is 5.38. The molecule has 0 aliphatic heterocycles. The summed E-state index contributed by atoms with van der Waals surface area (Å²) < 4.78 is 45.0. The van der Waals surface area contributed by atoms with E-state index in [4.69, 9.17) is 4.42 Å². The van der Waals surface area contributed by atoms with Crippen LogP contribution in [0.15, 0.2) is 58.1 Å². The highest BCUT2D eigenvalue weighted by atomic mass is 19.4. The van der Waals surface area contributed by atoms with Crippen molar-refractivity contribution in [1.29, 1.82) is 0 Å². The Morgan fingerprint density at radius 2 is 1.83 bits per heavy atom. The van der Waals surface area contributed by atoms with Crippen LogP contribution in [0, 0.1) is 0 Å². The molecule has 1 atom stereocenters. The number of halogens is 3. The molecule has 0 fully saturated rings. The fourth-order valence-electron chi connectivity index (χ4n) is 2.41. The molecule has 2 rings (SSSR count). The zero-order chi connectivity index (χ0) is 16.7. The zero-order valence-corrected chi connectivity index (χ0v) is 13.0. The van der Waals surface area contributed by atoms with Crippen molar-refractivity contribution in [1.82, 2.24) is 0 Å². The maximum absolute atomic E-state index is 13.4. The van der Waals surface area contributed by atoms with Crippen LogP contribution in [0.25, 0.3) is 0 Å². The molecule has 0 N–H and O–H groups in total. The lowest BCUT2D eigenvalue weighted by molar-refractivity contribution is -0.0593. The molecule has 0 aliphatic carbocycles. The van der Waals surface area contributed by atoms with E-state index >= 15 is 0 Å². The van der Waals surface area contributed by atoms with Crippen LogP contribution in [0.1, 0.15) is 50.0 Å². The minimum absolute atomic E-state index is 0.242. The van der Waals surface area contributed by atoms with E-state index in [0.29, 0.717) is 6.42 Å². The summed E-state index contributed by atoms with van der Waals surface area (Å²) in [5.41, 5.74) is -0.162. The van der Waals surface area contributed by atoms with Gasteiger partial charge in [-0.05, 0) is 24.1 Å². The maximum atomic E-state index is 13.4. The Hall–Kier alpha value is -2.04. The molecule has 1 heterocycles. The molecule has 124 valence electrons. The number of alkyl halides is 3. The van der Waals surface area contributed by atoms with Crippen molar-refractivity contribution >= 4 is 5.71 Å². The lowest BCUT2D eigenvalue weighted by Crippen LogP contribution is -2.24. The molecule has 23 heavy (non-hydrogen) atoms. The second kappa shape index (κ2) is 7.99. The average Bonchev–Trinajstić information content (AvgIpc) is 3.04. The number of hydrogen-bond acceptors (Lipinski definition) is 2. The molecule has 2 aromatic rings. The minimum Gasteiger partial charge on any atom is -0.463 e. The Kier molecular flexibility index (Phi) is 6.02. The number of nitrogens with zero attached hydrogens (tertiary/aromatic N) is 1. The van der Waals surface area contributed by atoms with Crippen LogP contribution in [-0.2, 0) is 0 Å². The zero-order valence-electron chi connectivity index (χ0n) is 13.0. The highest BCUT2D eigenvalue weighted by Gasteiger charge is 2.39. The number of unbranched alkanes of at least 4 members (excludes halogenated alkanes) is 2. The molecule has 0 aliphatic rings. The summed E-state index contributed by atoms with van der Waals surface area (Å²) in [4.78, 5) is 4.03. The van der Waals surface area contributed by atoms with Crippen LogP contribution in [0.4, 0.5) is 13.2 Å². The first-order chi connectivity index (χ1) is 11.0. The maximum Gasteiger partial charge on any atom is 0.436 e. The van der Waals surface area contributed by atoms with Crippen molar-refractivity contribution in [2.24, 2.45) is 4.99 Å². The SMILES string of the molecule is CCCCC[C@@H](N=C(c1ccco1)C(F)(F)F)c1ccccc1. The smallest absolute Gasteiger partial charge is 0.436 e. The van der Waals surface area contributed by atoms with Crippen molar-refractivity contribution in [3.8, 4) is 0 Å². The number of benzene rings is 1. The summed E-state index contributed by atoms with van der Waals surface area (Å²) in [5.74, 6) is -0.242.